The molecule has 0 saturated heterocycles. The molecule has 0 unspecified atom stereocenters. The molecule has 0 N–H and O–H groups in total. The molecule has 5 heteroatoms. The van der Waals surface area contributed by atoms with Crippen LogP contribution < -0.4 is 0 Å². The van der Waals surface area contributed by atoms with Gasteiger partial charge in [0.25, 0.3) is 0 Å². The highest BCUT2D eigenvalue weighted by molar-refractivity contribution is 7.99. The van der Waals surface area contributed by atoms with Crippen molar-refractivity contribution >= 4 is 23.4 Å². The first kappa shape index (κ1) is 13.5. The van der Waals surface area contributed by atoms with E-state index in [1.165, 1.54) is 0 Å². The molecule has 1 aromatic heterocycles. The zero-order chi connectivity index (χ0) is 12.8. The number of rotatable bonds is 6. The number of hydrogen-bond donors (Lipinski definition) is 0. The average molecular weight is 283 g/mol. The van der Waals surface area contributed by atoms with Crippen LogP contribution in [0.5, 0.6) is 0 Å². The van der Waals surface area contributed by atoms with Crippen LogP contribution >= 0.6 is 23.4 Å². The van der Waals surface area contributed by atoms with Crippen molar-refractivity contribution < 1.29 is 4.74 Å². The predicted molar refractivity (Wildman–Crippen MR) is 75.8 cm³/mol. The molecule has 0 spiro atoms. The Morgan fingerprint density at radius 1 is 1.44 bits per heavy atom. The van der Waals surface area contributed by atoms with E-state index in [1.807, 2.05) is 42.0 Å². The Morgan fingerprint density at radius 2 is 2.33 bits per heavy atom. The Hall–Kier alpha value is -0.970. The minimum atomic E-state index is 0.728. The van der Waals surface area contributed by atoms with Crippen molar-refractivity contribution in [3.63, 3.8) is 0 Å². The lowest BCUT2D eigenvalue weighted by atomic mass is 10.3. The summed E-state index contributed by atoms with van der Waals surface area (Å²) in [6.07, 6.45) is 3.73. The molecular formula is C13H15ClN2OS. The summed E-state index contributed by atoms with van der Waals surface area (Å²) in [7, 11) is 0. The molecule has 0 amide bonds. The first-order valence-electron chi connectivity index (χ1n) is 5.81. The van der Waals surface area contributed by atoms with Crippen LogP contribution in [0, 0.1) is 0 Å². The summed E-state index contributed by atoms with van der Waals surface area (Å²) in [5.41, 5.74) is 1.03. The number of hydrogen-bond acceptors (Lipinski definition) is 3. The molecule has 2 rings (SSSR count). The maximum Gasteiger partial charge on any atom is 0.172 e. The number of thioether (sulfide) groups is 1. The van der Waals surface area contributed by atoms with Gasteiger partial charge in [-0.3, -0.25) is 4.57 Å². The fourth-order valence-electron chi connectivity index (χ4n) is 1.56. The highest BCUT2D eigenvalue weighted by Gasteiger charge is 2.05. The Labute approximate surface area is 116 Å². The molecule has 0 fully saturated rings. The van der Waals surface area contributed by atoms with E-state index in [0.717, 1.165) is 34.8 Å². The molecule has 1 heterocycles. The van der Waals surface area contributed by atoms with Crippen LogP contribution in [-0.4, -0.2) is 28.5 Å². The van der Waals surface area contributed by atoms with Crippen molar-refractivity contribution in [1.82, 2.24) is 9.55 Å². The van der Waals surface area contributed by atoms with Crippen LogP contribution in [0.3, 0.4) is 0 Å². The lowest BCUT2D eigenvalue weighted by Gasteiger charge is -2.07. The van der Waals surface area contributed by atoms with Gasteiger partial charge in [-0.05, 0) is 25.1 Å². The van der Waals surface area contributed by atoms with E-state index in [2.05, 4.69) is 4.98 Å². The molecule has 1 aromatic carbocycles. The Kier molecular flexibility index (Phi) is 5.11. The van der Waals surface area contributed by atoms with Crippen molar-refractivity contribution in [2.24, 2.45) is 0 Å². The lowest BCUT2D eigenvalue weighted by molar-refractivity contribution is 0.164. The monoisotopic (exact) mass is 282 g/mol. The van der Waals surface area contributed by atoms with Gasteiger partial charge in [0.2, 0.25) is 0 Å². The lowest BCUT2D eigenvalue weighted by Crippen LogP contribution is -1.99. The van der Waals surface area contributed by atoms with Crippen molar-refractivity contribution in [2.45, 2.75) is 12.1 Å². The largest absolute Gasteiger partial charge is 0.381 e. The van der Waals surface area contributed by atoms with Gasteiger partial charge in [0, 0.05) is 35.5 Å². The van der Waals surface area contributed by atoms with Crippen LogP contribution in [0.1, 0.15) is 6.92 Å². The van der Waals surface area contributed by atoms with Gasteiger partial charge < -0.3 is 4.74 Å². The highest BCUT2D eigenvalue weighted by Crippen LogP contribution is 2.22. The number of halogens is 1. The van der Waals surface area contributed by atoms with E-state index in [4.69, 9.17) is 16.3 Å². The molecule has 0 aliphatic rings. The third kappa shape index (κ3) is 3.51. The van der Waals surface area contributed by atoms with Gasteiger partial charge in [0.15, 0.2) is 5.16 Å². The summed E-state index contributed by atoms with van der Waals surface area (Å²) in [4.78, 5) is 4.35. The second-order valence-corrected chi connectivity index (χ2v) is 5.10. The first-order valence-corrected chi connectivity index (χ1v) is 7.17. The summed E-state index contributed by atoms with van der Waals surface area (Å²) >= 11 is 7.68. The molecule has 2 aromatic rings. The zero-order valence-corrected chi connectivity index (χ0v) is 11.7. The first-order chi connectivity index (χ1) is 8.81. The summed E-state index contributed by atoms with van der Waals surface area (Å²) in [5, 5.41) is 1.68. The highest BCUT2D eigenvalue weighted by atomic mass is 35.5. The predicted octanol–water partition coefficient (Wildman–Crippen LogP) is 3.65. The van der Waals surface area contributed by atoms with Gasteiger partial charge in [-0.1, -0.05) is 29.4 Å². The van der Waals surface area contributed by atoms with Gasteiger partial charge in [0.05, 0.1) is 6.61 Å². The van der Waals surface area contributed by atoms with Gasteiger partial charge in [-0.2, -0.15) is 0 Å². The summed E-state index contributed by atoms with van der Waals surface area (Å²) in [6, 6.07) is 7.74. The van der Waals surface area contributed by atoms with Crippen molar-refractivity contribution in [3.8, 4) is 5.69 Å². The molecule has 0 radical (unpaired) electrons. The molecule has 0 aliphatic carbocycles. The van der Waals surface area contributed by atoms with E-state index in [-0.39, 0.29) is 0 Å². The number of nitrogens with zero attached hydrogens (tertiary/aromatic N) is 2. The Balaban J connectivity index is 2.08. The molecule has 96 valence electrons. The van der Waals surface area contributed by atoms with E-state index in [0.29, 0.717) is 0 Å². The standard InChI is InChI=1S/C13H15ClN2OS/c1-2-17-8-9-18-13-15-6-7-16(13)12-5-3-4-11(14)10-12/h3-7,10H,2,8-9H2,1H3. The second kappa shape index (κ2) is 6.83. The molecule has 0 saturated carbocycles. The van der Waals surface area contributed by atoms with Gasteiger partial charge in [0.1, 0.15) is 0 Å². The van der Waals surface area contributed by atoms with Crippen LogP contribution in [0.2, 0.25) is 5.02 Å². The van der Waals surface area contributed by atoms with E-state index in [1.54, 1.807) is 18.0 Å². The molecule has 3 nitrogen and oxygen atoms in total. The molecular weight excluding hydrogens is 268 g/mol. The minimum Gasteiger partial charge on any atom is -0.381 e. The van der Waals surface area contributed by atoms with Crippen molar-refractivity contribution in [3.05, 3.63) is 41.7 Å². The van der Waals surface area contributed by atoms with E-state index < -0.39 is 0 Å². The second-order valence-electron chi connectivity index (χ2n) is 3.61. The molecule has 0 atom stereocenters. The summed E-state index contributed by atoms with van der Waals surface area (Å²) < 4.78 is 7.35. The van der Waals surface area contributed by atoms with Crippen molar-refractivity contribution in [2.75, 3.05) is 19.0 Å². The maximum absolute atomic E-state index is 6.00. The van der Waals surface area contributed by atoms with Crippen LogP contribution in [0.25, 0.3) is 5.69 Å². The number of aromatic nitrogens is 2. The fourth-order valence-corrected chi connectivity index (χ4v) is 2.56. The number of ether oxygens (including phenoxy) is 1. The van der Waals surface area contributed by atoms with Crippen LogP contribution in [-0.2, 0) is 4.74 Å². The summed E-state index contributed by atoms with van der Waals surface area (Å²) in [6.45, 7) is 3.49. The SMILES string of the molecule is CCOCCSc1nccn1-c1cccc(Cl)c1. The maximum atomic E-state index is 6.00. The number of benzene rings is 1. The average Bonchev–Trinajstić information content (AvgIpc) is 2.83. The number of imidazole rings is 1. The minimum absolute atomic E-state index is 0.728. The third-order valence-corrected chi connectivity index (χ3v) is 3.52. The molecule has 0 bridgehead atoms. The van der Waals surface area contributed by atoms with Crippen molar-refractivity contribution in [1.29, 1.82) is 0 Å². The molecule has 18 heavy (non-hydrogen) atoms. The van der Waals surface area contributed by atoms with Gasteiger partial charge >= 0.3 is 0 Å². The van der Waals surface area contributed by atoms with Gasteiger partial charge in [-0.25, -0.2) is 4.98 Å². The normalized spacial score (nSPS) is 10.8. The third-order valence-electron chi connectivity index (χ3n) is 2.36. The quantitative estimate of drug-likeness (QED) is 0.598. The smallest absolute Gasteiger partial charge is 0.172 e. The topological polar surface area (TPSA) is 27.1 Å². The van der Waals surface area contributed by atoms with Crippen LogP contribution in [0.15, 0.2) is 41.8 Å². The molecule has 0 aliphatic heterocycles. The van der Waals surface area contributed by atoms with E-state index >= 15 is 0 Å². The van der Waals surface area contributed by atoms with E-state index in [9.17, 15) is 0 Å². The van der Waals surface area contributed by atoms with Crippen LogP contribution in [0.4, 0.5) is 0 Å². The Bertz CT molecular complexity index is 501. The zero-order valence-electron chi connectivity index (χ0n) is 10.2. The Morgan fingerprint density at radius 3 is 3.11 bits per heavy atom. The fraction of sp³-hybridized carbons (Fsp3) is 0.308. The summed E-state index contributed by atoms with van der Waals surface area (Å²) in [5.74, 6) is 0.894. The van der Waals surface area contributed by atoms with Gasteiger partial charge in [-0.15, -0.1) is 0 Å².